The van der Waals surface area contributed by atoms with E-state index >= 15 is 0 Å². The van der Waals surface area contributed by atoms with E-state index in [1.54, 1.807) is 0 Å². The summed E-state index contributed by atoms with van der Waals surface area (Å²) in [6, 6.07) is 2.85. The zero-order chi connectivity index (χ0) is 66.6. The minimum absolute atomic E-state index is 0.0999. The van der Waals surface area contributed by atoms with Crippen LogP contribution >= 0.6 is 11.8 Å². The molecule has 0 saturated carbocycles. The maximum atomic E-state index is 14.7. The zero-order valence-electron chi connectivity index (χ0n) is 49.2. The van der Waals surface area contributed by atoms with Crippen LogP contribution in [0.25, 0.3) is 33.4 Å². The third-order valence-corrected chi connectivity index (χ3v) is 16.4. The normalized spacial score (nSPS) is 15.8. The Labute approximate surface area is 515 Å². The van der Waals surface area contributed by atoms with Gasteiger partial charge >= 0.3 is 11.9 Å². The number of nitrogens with two attached hydrogens (primary N) is 1. The molecule has 6 rings (SSSR count). The molecule has 1 aliphatic carbocycles. The number of imidazole rings is 1. The number of aliphatic hydroxyl groups is 1. The highest BCUT2D eigenvalue weighted by atomic mass is 32.2. The second-order valence-corrected chi connectivity index (χ2v) is 23.2. The number of aromatic hydroxyl groups is 1. The van der Waals surface area contributed by atoms with E-state index in [0.29, 0.717) is 5.69 Å². The summed E-state index contributed by atoms with van der Waals surface area (Å²) in [4.78, 5) is 189. The van der Waals surface area contributed by atoms with Gasteiger partial charge < -0.3 is 61.6 Å². The molecule has 480 valence electrons. The molecule has 30 heteroatoms. The van der Waals surface area contributed by atoms with Gasteiger partial charge in [-0.15, -0.1) is 11.8 Å². The standard InChI is InChI=1S/C60H66F2N8O19S/c1-26(55(82)67-29(4)44(74)19-36(30(5)72)58(85)69-42(16-34-23-64-25-66-34)47(77)15-31(54(63)81)7-9-52(79)80)12-43(73)28(3)68-57(84)33(13-27(2)71)24-90-50-22-51(78)70(59(50)86)11-10-65-56(83)32-6-8-35(37(14-32)60(87)88)53-38-17-40(61)45(75)20-48(38)89-49-21-46(76)41(62)18-39(49)53/h6,8,14,17-18,20-21,23,25-26,28-31,33,36,42,50,72,75H,7,9-13,15-16,19,22,24H2,1-5H3,(H2,63,81)(H,64,66)(H,65,83)(H,67,82)(H,68,84)(H,69,85)(H,79,80)(H,87,88)/t26-,28+,29+,30-,31-,33+,36+,42+,50?/m0/s1. The third kappa shape index (κ3) is 17.8. The lowest BCUT2D eigenvalue weighted by atomic mass is 9.89. The molecular weight excluding hydrogens is 1210 g/mol. The molecular formula is C60H66F2N8O19S. The van der Waals surface area contributed by atoms with Crippen LogP contribution in [0.15, 0.2) is 64.2 Å². The Hall–Kier alpha value is -9.58. The number of hydrogen-bond donors (Lipinski definition) is 10. The minimum atomic E-state index is -1.57. The van der Waals surface area contributed by atoms with Crippen molar-refractivity contribution in [1.82, 2.24) is 36.1 Å². The van der Waals surface area contributed by atoms with Crippen LogP contribution in [-0.4, -0.2) is 160 Å². The number of fused-ring (bicyclic) bond motifs is 2. The van der Waals surface area contributed by atoms with Gasteiger partial charge in [0.05, 0.1) is 53.2 Å². The Morgan fingerprint density at radius 1 is 0.811 bits per heavy atom. The number of Topliss-reactive ketones (excluding diaryl/α,β-unsaturated/α-hetero) is 4. The van der Waals surface area contributed by atoms with E-state index in [2.05, 4.69) is 31.2 Å². The number of thioether (sulfide) groups is 1. The molecule has 3 heterocycles. The van der Waals surface area contributed by atoms with Crippen LogP contribution in [0, 0.1) is 35.3 Å². The van der Waals surface area contributed by atoms with E-state index < -0.39 is 184 Å². The molecule has 3 aliphatic rings. The Bertz CT molecular complexity index is 3690. The summed E-state index contributed by atoms with van der Waals surface area (Å²) in [6.07, 6.45) is -1.92. The average Bonchev–Trinajstić information content (AvgIpc) is 0.914. The maximum absolute atomic E-state index is 14.7. The topological polar surface area (TPSA) is 439 Å². The van der Waals surface area contributed by atoms with Gasteiger partial charge in [-0.05, 0) is 63.9 Å². The first kappa shape index (κ1) is 69.5. The average molecular weight is 1270 g/mol. The van der Waals surface area contributed by atoms with Crippen LogP contribution in [-0.2, 0) is 59.2 Å². The fraction of sp³-hybridized carbons (Fsp3) is 0.417. The summed E-state index contributed by atoms with van der Waals surface area (Å²) in [7, 11) is 0. The summed E-state index contributed by atoms with van der Waals surface area (Å²) in [5, 5.41) is 48.9. The number of aliphatic carboxylic acids is 1. The molecule has 1 saturated heterocycles. The quantitative estimate of drug-likeness (QED) is 0.0213. The summed E-state index contributed by atoms with van der Waals surface area (Å²) < 4.78 is 35.0. The zero-order valence-corrected chi connectivity index (χ0v) is 50.0. The second-order valence-electron chi connectivity index (χ2n) is 22.0. The van der Waals surface area contributed by atoms with Crippen molar-refractivity contribution >= 4 is 99.2 Å². The number of halogens is 2. The number of nitrogens with one attached hydrogen (secondary N) is 5. The minimum Gasteiger partial charge on any atom is -0.505 e. The van der Waals surface area contributed by atoms with Gasteiger partial charge in [-0.1, -0.05) is 13.0 Å². The Morgan fingerprint density at radius 3 is 2.11 bits per heavy atom. The number of carboxylic acid groups (broad SMARTS) is 2. The fourth-order valence-electron chi connectivity index (χ4n) is 9.94. The first-order valence-electron chi connectivity index (χ1n) is 28.2. The number of aliphatic hydroxyl groups excluding tert-OH is 1. The summed E-state index contributed by atoms with van der Waals surface area (Å²) in [5.74, 6) is -19.2. The molecule has 1 fully saturated rings. The van der Waals surface area contributed by atoms with Crippen LogP contribution < -0.4 is 32.4 Å². The Kier molecular flexibility index (Phi) is 23.6. The lowest BCUT2D eigenvalue weighted by molar-refractivity contribution is -0.139. The summed E-state index contributed by atoms with van der Waals surface area (Å²) in [6.45, 7) is 5.81. The van der Waals surface area contributed by atoms with E-state index in [1.807, 2.05) is 0 Å². The molecule has 0 bridgehead atoms. The molecule has 1 unspecified atom stereocenters. The van der Waals surface area contributed by atoms with Crippen molar-refractivity contribution in [2.45, 2.75) is 115 Å². The number of amides is 7. The van der Waals surface area contributed by atoms with Crippen molar-refractivity contribution in [2.75, 3.05) is 18.8 Å². The molecule has 7 amide bonds. The van der Waals surface area contributed by atoms with Gasteiger partial charge in [0.15, 0.2) is 34.7 Å². The van der Waals surface area contributed by atoms with Gasteiger partial charge in [-0.3, -0.25) is 62.4 Å². The number of aromatic carboxylic acids is 1. The number of imide groups is 1. The van der Waals surface area contributed by atoms with Crippen LogP contribution in [0.2, 0.25) is 0 Å². The number of aromatic nitrogens is 2. The monoisotopic (exact) mass is 1270 g/mol. The largest absolute Gasteiger partial charge is 0.505 e. The number of phenolic OH excluding ortho intramolecular Hbond substituents is 1. The highest BCUT2D eigenvalue weighted by Gasteiger charge is 2.40. The molecule has 2 aromatic carbocycles. The van der Waals surface area contributed by atoms with Gasteiger partial charge in [0, 0.05) is 122 Å². The number of carbonyl (C=O) groups excluding carboxylic acids is 11. The number of benzene rings is 3. The van der Waals surface area contributed by atoms with Gasteiger partial charge in [0.1, 0.15) is 17.1 Å². The van der Waals surface area contributed by atoms with E-state index in [1.165, 1.54) is 59.3 Å². The lowest BCUT2D eigenvalue weighted by Gasteiger charge is -2.25. The number of hydrogen-bond acceptors (Lipinski definition) is 19. The van der Waals surface area contributed by atoms with Crippen molar-refractivity contribution < 1.29 is 96.0 Å². The van der Waals surface area contributed by atoms with Crippen molar-refractivity contribution in [2.24, 2.45) is 29.4 Å². The smallest absolute Gasteiger partial charge is 0.336 e. The number of carboxylic acids is 2. The van der Waals surface area contributed by atoms with Gasteiger partial charge in [-0.25, -0.2) is 18.6 Å². The number of likely N-dealkylation sites (tertiary alicyclic amines) is 1. The van der Waals surface area contributed by atoms with E-state index in [9.17, 15) is 91.2 Å². The number of ketones is 4. The fourth-order valence-corrected chi connectivity index (χ4v) is 11.2. The first-order chi connectivity index (χ1) is 42.3. The summed E-state index contributed by atoms with van der Waals surface area (Å²) in [5.41, 5.74) is 3.44. The third-order valence-electron chi connectivity index (χ3n) is 15.1. The second kappa shape index (κ2) is 30.6. The predicted molar refractivity (Wildman–Crippen MR) is 314 cm³/mol. The van der Waals surface area contributed by atoms with Gasteiger partial charge in [0.2, 0.25) is 40.9 Å². The number of rotatable bonds is 33. The number of phenols is 1. The van der Waals surface area contributed by atoms with Crippen molar-refractivity contribution in [3.05, 3.63) is 93.7 Å². The molecule has 0 spiro atoms. The van der Waals surface area contributed by atoms with Crippen LogP contribution in [0.5, 0.6) is 5.75 Å². The molecule has 0 radical (unpaired) electrons. The molecule has 3 aromatic rings. The maximum Gasteiger partial charge on any atom is 0.336 e. The first-order valence-corrected chi connectivity index (χ1v) is 29.3. The van der Waals surface area contributed by atoms with Crippen LogP contribution in [0.1, 0.15) is 106 Å². The molecule has 27 nitrogen and oxygen atoms in total. The van der Waals surface area contributed by atoms with Crippen molar-refractivity contribution in [3.63, 3.8) is 0 Å². The van der Waals surface area contributed by atoms with Crippen LogP contribution in [0.3, 0.4) is 0 Å². The predicted octanol–water partition coefficient (Wildman–Crippen LogP) is 2.37. The van der Waals surface area contributed by atoms with E-state index in [-0.39, 0.29) is 83.5 Å². The number of nitrogens with zero attached hydrogens (tertiary/aromatic N) is 2. The molecule has 90 heavy (non-hydrogen) atoms. The number of H-pyrrole nitrogens is 1. The van der Waals surface area contributed by atoms with Gasteiger partial charge in [0.25, 0.3) is 5.91 Å². The number of aromatic amines is 1. The Balaban J connectivity index is 0.994. The van der Waals surface area contributed by atoms with E-state index in [4.69, 9.17) is 15.3 Å². The van der Waals surface area contributed by atoms with Crippen molar-refractivity contribution in [3.8, 4) is 28.2 Å². The molecule has 1 aromatic heterocycles. The SMILES string of the molecule is CC(=O)C[C@H](CSC1CC(=O)N(CCNC(=O)c2ccc(-c3c4cc(F)c(=O)cc-4oc4cc(O)c(F)cc34)c(C(=O)O)c2)C1=O)C(=O)N[C@H](C)C(=O)C[C@H](C)C(=O)N[C@H](C)C(=O)C[C@@H](C(=O)N[C@H](Cc1cnc[nH]1)C(=O)C[C@H](CCC(=O)O)C(N)=O)[C@H](C)O. The van der Waals surface area contributed by atoms with E-state index in [0.717, 1.165) is 47.0 Å². The van der Waals surface area contributed by atoms with Crippen LogP contribution in [0.4, 0.5) is 8.78 Å². The Morgan fingerprint density at radius 2 is 1.49 bits per heavy atom. The number of carbonyl (C=O) groups is 13. The molecule has 11 N–H and O–H groups in total. The van der Waals surface area contributed by atoms with Gasteiger partial charge in [-0.2, -0.15) is 0 Å². The number of primary amides is 1. The highest BCUT2D eigenvalue weighted by molar-refractivity contribution is 8.00. The highest BCUT2D eigenvalue weighted by Crippen LogP contribution is 2.43. The molecule has 9 atom stereocenters. The summed E-state index contributed by atoms with van der Waals surface area (Å²) >= 11 is 0.905. The lowest BCUT2D eigenvalue weighted by Crippen LogP contribution is -2.49. The molecule has 2 aliphatic heterocycles. The van der Waals surface area contributed by atoms with Crippen molar-refractivity contribution in [1.29, 1.82) is 0 Å².